The molecule has 2 unspecified atom stereocenters. The zero-order valence-corrected chi connectivity index (χ0v) is 14.0. The van der Waals surface area contributed by atoms with Crippen LogP contribution >= 0.6 is 27.7 Å². The largest absolute Gasteiger partial charge is 0.462 e. The van der Waals surface area contributed by atoms with Crippen molar-refractivity contribution < 1.29 is 9.53 Å². The number of thioether (sulfide) groups is 1. The summed E-state index contributed by atoms with van der Waals surface area (Å²) in [7, 11) is 0. The van der Waals surface area contributed by atoms with Crippen LogP contribution in [0.1, 0.15) is 54.4 Å². The molecule has 2 atom stereocenters. The van der Waals surface area contributed by atoms with Gasteiger partial charge in [-0.3, -0.25) is 0 Å². The average molecular weight is 355 g/mol. The lowest BCUT2D eigenvalue weighted by Crippen LogP contribution is -2.13. The van der Waals surface area contributed by atoms with Gasteiger partial charge in [-0.25, -0.2) is 4.79 Å². The number of hydrogen-bond acceptors (Lipinski definition) is 3. The molecule has 108 valence electrons. The van der Waals surface area contributed by atoms with E-state index in [1.54, 1.807) is 0 Å². The van der Waals surface area contributed by atoms with Crippen molar-refractivity contribution in [1.82, 2.24) is 0 Å². The van der Waals surface area contributed by atoms with Crippen LogP contribution in [0.25, 0.3) is 0 Å². The van der Waals surface area contributed by atoms with Crippen LogP contribution < -0.4 is 0 Å². The zero-order valence-electron chi connectivity index (χ0n) is 11.6. The van der Waals surface area contributed by atoms with Crippen LogP contribution in [-0.4, -0.2) is 16.7 Å². The van der Waals surface area contributed by atoms with E-state index >= 15 is 0 Å². The molecule has 0 amide bonds. The van der Waals surface area contributed by atoms with Crippen molar-refractivity contribution in [3.05, 3.63) is 29.3 Å². The van der Waals surface area contributed by atoms with Gasteiger partial charge in [0.05, 0.1) is 16.3 Å². The monoisotopic (exact) mass is 354 g/mol. The van der Waals surface area contributed by atoms with Crippen LogP contribution in [0.2, 0.25) is 0 Å². The molecular weight excluding hydrogens is 336 g/mol. The fourth-order valence-corrected chi connectivity index (χ4v) is 5.99. The molecule has 0 spiro atoms. The molecule has 1 aromatic carbocycles. The third-order valence-corrected chi connectivity index (χ3v) is 6.57. The molecule has 1 saturated carbocycles. The fourth-order valence-electron chi connectivity index (χ4n) is 3.37. The van der Waals surface area contributed by atoms with Crippen LogP contribution in [0.5, 0.6) is 0 Å². The molecule has 2 aliphatic rings. The highest BCUT2D eigenvalue weighted by molar-refractivity contribution is 9.11. The number of alkyl halides is 1. The summed E-state index contributed by atoms with van der Waals surface area (Å²) in [5.74, 6) is 1.17. The highest BCUT2D eigenvalue weighted by Crippen LogP contribution is 2.54. The highest BCUT2D eigenvalue weighted by Gasteiger charge is 2.38. The molecule has 0 N–H and O–H groups in total. The first-order chi connectivity index (χ1) is 9.70. The Morgan fingerprint density at radius 3 is 2.85 bits per heavy atom. The quantitative estimate of drug-likeness (QED) is 0.566. The van der Waals surface area contributed by atoms with Gasteiger partial charge in [0.15, 0.2) is 0 Å². The summed E-state index contributed by atoms with van der Waals surface area (Å²) in [6.07, 6.45) is 5.41. The van der Waals surface area contributed by atoms with Gasteiger partial charge in [0, 0.05) is 10.8 Å². The number of esters is 1. The lowest BCUT2D eigenvalue weighted by Gasteiger charge is -2.21. The van der Waals surface area contributed by atoms with Gasteiger partial charge in [-0.15, -0.1) is 11.8 Å². The molecule has 0 bridgehead atoms. The first-order valence-electron chi connectivity index (χ1n) is 7.32. The Kier molecular flexibility index (Phi) is 4.41. The van der Waals surface area contributed by atoms with E-state index in [0.29, 0.717) is 22.2 Å². The van der Waals surface area contributed by atoms with Crippen molar-refractivity contribution in [3.63, 3.8) is 0 Å². The van der Waals surface area contributed by atoms with Gasteiger partial charge in [0.2, 0.25) is 0 Å². The Labute approximate surface area is 132 Å². The minimum Gasteiger partial charge on any atom is -0.462 e. The third kappa shape index (κ3) is 2.64. The van der Waals surface area contributed by atoms with E-state index in [4.69, 9.17) is 4.74 Å². The third-order valence-electron chi connectivity index (χ3n) is 4.31. The maximum absolute atomic E-state index is 11.8. The lowest BCUT2D eigenvalue weighted by atomic mass is 9.86. The molecule has 4 heteroatoms. The summed E-state index contributed by atoms with van der Waals surface area (Å²) >= 11 is 5.68. The van der Waals surface area contributed by atoms with Crippen molar-refractivity contribution in [2.75, 3.05) is 6.61 Å². The molecule has 0 aromatic heterocycles. The van der Waals surface area contributed by atoms with E-state index in [-0.39, 0.29) is 5.97 Å². The minimum absolute atomic E-state index is 0.216. The van der Waals surface area contributed by atoms with E-state index in [1.165, 1.54) is 36.1 Å². The second-order valence-electron chi connectivity index (χ2n) is 5.51. The summed E-state index contributed by atoms with van der Waals surface area (Å²) in [6.45, 7) is 2.26. The van der Waals surface area contributed by atoms with Crippen molar-refractivity contribution in [2.45, 2.75) is 47.6 Å². The van der Waals surface area contributed by atoms with Gasteiger partial charge < -0.3 is 4.74 Å². The predicted octanol–water partition coefficient (Wildman–Crippen LogP) is 4.96. The zero-order chi connectivity index (χ0) is 14.1. The Hall–Kier alpha value is -0.480. The van der Waals surface area contributed by atoms with Crippen molar-refractivity contribution in [1.29, 1.82) is 0 Å². The Bertz CT molecular complexity index is 511. The van der Waals surface area contributed by atoms with E-state index < -0.39 is 0 Å². The van der Waals surface area contributed by atoms with Crippen molar-refractivity contribution in [3.8, 4) is 0 Å². The van der Waals surface area contributed by atoms with Crippen LogP contribution in [0, 0.1) is 5.92 Å². The molecule has 0 saturated heterocycles. The first kappa shape index (κ1) is 14.5. The van der Waals surface area contributed by atoms with Crippen LogP contribution in [0.4, 0.5) is 0 Å². The number of benzene rings is 1. The molecule has 1 heterocycles. The number of rotatable bonds is 3. The molecular formula is C16H19BrO2S. The minimum atomic E-state index is -0.216. The smallest absolute Gasteiger partial charge is 0.338 e. The summed E-state index contributed by atoms with van der Waals surface area (Å²) < 4.78 is 5.52. The molecule has 1 aromatic rings. The standard InChI is InChI=1S/C16H19BrO2S/c1-2-19-16(18)11-7-8-12-13(9-11)20-15(17)14(12)10-5-3-4-6-10/h7-10,14-15H,2-6H2,1H3. The van der Waals surface area contributed by atoms with Gasteiger partial charge in [-0.1, -0.05) is 34.8 Å². The Morgan fingerprint density at radius 1 is 1.40 bits per heavy atom. The van der Waals surface area contributed by atoms with Gasteiger partial charge in [0.1, 0.15) is 0 Å². The van der Waals surface area contributed by atoms with E-state index in [1.807, 2.05) is 30.8 Å². The maximum Gasteiger partial charge on any atom is 0.338 e. The van der Waals surface area contributed by atoms with Crippen LogP contribution in [0.3, 0.4) is 0 Å². The van der Waals surface area contributed by atoms with E-state index in [2.05, 4.69) is 22.0 Å². The summed E-state index contributed by atoms with van der Waals surface area (Å²) in [6, 6.07) is 6.06. The summed E-state index contributed by atoms with van der Waals surface area (Å²) in [4.78, 5) is 13.1. The van der Waals surface area contributed by atoms with E-state index in [9.17, 15) is 4.79 Å². The van der Waals surface area contributed by atoms with Gasteiger partial charge in [0.25, 0.3) is 0 Å². The van der Waals surface area contributed by atoms with Gasteiger partial charge in [-0.2, -0.15) is 0 Å². The van der Waals surface area contributed by atoms with Crippen LogP contribution in [0.15, 0.2) is 23.1 Å². The molecule has 1 aliphatic heterocycles. The molecule has 3 rings (SSSR count). The molecule has 1 fully saturated rings. The van der Waals surface area contributed by atoms with Crippen LogP contribution in [-0.2, 0) is 4.74 Å². The Balaban J connectivity index is 1.86. The normalized spacial score (nSPS) is 25.7. The second-order valence-corrected chi connectivity index (χ2v) is 8.29. The number of carbonyl (C=O) groups excluding carboxylic acids is 1. The predicted molar refractivity (Wildman–Crippen MR) is 85.7 cm³/mol. The van der Waals surface area contributed by atoms with Gasteiger partial charge in [-0.05, 0) is 43.4 Å². The lowest BCUT2D eigenvalue weighted by molar-refractivity contribution is 0.0526. The second kappa shape index (κ2) is 6.10. The topological polar surface area (TPSA) is 26.3 Å². The molecule has 20 heavy (non-hydrogen) atoms. The van der Waals surface area contributed by atoms with Crippen molar-refractivity contribution >= 4 is 33.7 Å². The Morgan fingerprint density at radius 2 is 2.15 bits per heavy atom. The fraction of sp³-hybridized carbons (Fsp3) is 0.562. The summed E-state index contributed by atoms with van der Waals surface area (Å²) in [5.41, 5.74) is 2.08. The molecule has 1 aliphatic carbocycles. The summed E-state index contributed by atoms with van der Waals surface area (Å²) in [5, 5.41) is 0. The molecule has 0 radical (unpaired) electrons. The number of hydrogen-bond donors (Lipinski definition) is 0. The maximum atomic E-state index is 11.8. The highest BCUT2D eigenvalue weighted by atomic mass is 79.9. The van der Waals surface area contributed by atoms with Crippen molar-refractivity contribution in [2.24, 2.45) is 5.92 Å². The number of halogens is 1. The molecule has 2 nitrogen and oxygen atoms in total. The number of carbonyl (C=O) groups is 1. The van der Waals surface area contributed by atoms with E-state index in [0.717, 1.165) is 5.92 Å². The number of ether oxygens (including phenoxy) is 1. The first-order valence-corrected chi connectivity index (χ1v) is 9.12. The SMILES string of the molecule is CCOC(=O)c1ccc2c(c1)SC(Br)C2C1CCCC1. The average Bonchev–Trinajstić information content (AvgIpc) is 3.04. The van der Waals surface area contributed by atoms with Gasteiger partial charge >= 0.3 is 5.97 Å². The number of fused-ring (bicyclic) bond motifs is 1.